The van der Waals surface area contributed by atoms with Crippen LogP contribution in [-0.4, -0.2) is 8.42 Å². The first-order valence-corrected chi connectivity index (χ1v) is 8.22. The summed E-state index contributed by atoms with van der Waals surface area (Å²) >= 11 is 0. The van der Waals surface area contributed by atoms with E-state index in [9.17, 15) is 12.8 Å². The number of sulfone groups is 1. The molecular formula is C18H13FO2S. The highest BCUT2D eigenvalue weighted by molar-refractivity contribution is 7.91. The maximum atomic E-state index is 13.0. The Bertz CT molecular complexity index is 886. The molecule has 0 aliphatic carbocycles. The molecule has 0 saturated heterocycles. The van der Waals surface area contributed by atoms with Crippen molar-refractivity contribution in [3.63, 3.8) is 0 Å². The molecule has 3 aromatic rings. The lowest BCUT2D eigenvalue weighted by molar-refractivity contribution is 0.595. The lowest BCUT2D eigenvalue weighted by Gasteiger charge is -2.11. The van der Waals surface area contributed by atoms with Crippen molar-refractivity contribution in [3.8, 4) is 11.1 Å². The van der Waals surface area contributed by atoms with Gasteiger partial charge in [0, 0.05) is 5.56 Å². The molecule has 0 saturated carbocycles. The topological polar surface area (TPSA) is 34.1 Å². The van der Waals surface area contributed by atoms with E-state index in [-0.39, 0.29) is 9.79 Å². The molecule has 0 N–H and O–H groups in total. The van der Waals surface area contributed by atoms with Crippen LogP contribution >= 0.6 is 0 Å². The molecule has 0 atom stereocenters. The molecule has 4 heteroatoms. The summed E-state index contributed by atoms with van der Waals surface area (Å²) in [7, 11) is -3.70. The van der Waals surface area contributed by atoms with E-state index in [0.29, 0.717) is 5.56 Å². The van der Waals surface area contributed by atoms with Gasteiger partial charge in [0.15, 0.2) is 0 Å². The summed E-state index contributed by atoms with van der Waals surface area (Å²) in [5.41, 5.74) is 1.45. The smallest absolute Gasteiger partial charge is 0.207 e. The molecule has 22 heavy (non-hydrogen) atoms. The SMILES string of the molecule is O=S(=O)(c1ccc(F)cc1)c1ccccc1-c1ccccc1. The highest BCUT2D eigenvalue weighted by Gasteiger charge is 2.21. The minimum absolute atomic E-state index is 0.0808. The average Bonchev–Trinajstić information content (AvgIpc) is 2.56. The molecule has 0 bridgehead atoms. The quantitative estimate of drug-likeness (QED) is 0.675. The highest BCUT2D eigenvalue weighted by atomic mass is 32.2. The van der Waals surface area contributed by atoms with E-state index in [1.54, 1.807) is 24.3 Å². The Morgan fingerprint density at radius 3 is 1.95 bits per heavy atom. The first-order chi connectivity index (χ1) is 10.6. The maximum Gasteiger partial charge on any atom is 0.207 e. The summed E-state index contributed by atoms with van der Waals surface area (Å²) in [5, 5.41) is 0. The van der Waals surface area contributed by atoms with Gasteiger partial charge in [-0.25, -0.2) is 12.8 Å². The van der Waals surface area contributed by atoms with Gasteiger partial charge in [-0.05, 0) is 35.9 Å². The van der Waals surface area contributed by atoms with Crippen LogP contribution in [0.15, 0.2) is 88.7 Å². The molecule has 3 rings (SSSR count). The van der Waals surface area contributed by atoms with Crippen molar-refractivity contribution in [1.29, 1.82) is 0 Å². The third-order valence-corrected chi connectivity index (χ3v) is 5.21. The van der Waals surface area contributed by atoms with Gasteiger partial charge in [0.2, 0.25) is 9.84 Å². The first kappa shape index (κ1) is 14.5. The molecule has 0 unspecified atom stereocenters. The Morgan fingerprint density at radius 2 is 1.27 bits per heavy atom. The molecule has 0 radical (unpaired) electrons. The number of benzene rings is 3. The van der Waals surface area contributed by atoms with Gasteiger partial charge in [-0.15, -0.1) is 0 Å². The molecule has 110 valence electrons. The van der Waals surface area contributed by atoms with E-state index in [1.165, 1.54) is 12.1 Å². The van der Waals surface area contributed by atoms with Crippen LogP contribution in [0.5, 0.6) is 0 Å². The van der Waals surface area contributed by atoms with E-state index in [4.69, 9.17) is 0 Å². The monoisotopic (exact) mass is 312 g/mol. The van der Waals surface area contributed by atoms with Crippen molar-refractivity contribution in [2.45, 2.75) is 9.79 Å². The molecule has 0 spiro atoms. The first-order valence-electron chi connectivity index (χ1n) is 6.74. The van der Waals surface area contributed by atoms with E-state index >= 15 is 0 Å². The fourth-order valence-electron chi connectivity index (χ4n) is 2.30. The Labute approximate surface area is 128 Å². The van der Waals surface area contributed by atoms with Crippen LogP contribution < -0.4 is 0 Å². The van der Waals surface area contributed by atoms with Gasteiger partial charge in [0.25, 0.3) is 0 Å². The predicted octanol–water partition coefficient (Wildman–Crippen LogP) is 4.33. The van der Waals surface area contributed by atoms with Crippen LogP contribution in [0, 0.1) is 5.82 Å². The largest absolute Gasteiger partial charge is 0.218 e. The number of rotatable bonds is 3. The molecule has 0 aliphatic rings. The second-order valence-electron chi connectivity index (χ2n) is 4.82. The molecule has 0 aliphatic heterocycles. The molecule has 0 fully saturated rings. The Morgan fingerprint density at radius 1 is 0.682 bits per heavy atom. The van der Waals surface area contributed by atoms with Gasteiger partial charge < -0.3 is 0 Å². The van der Waals surface area contributed by atoms with Gasteiger partial charge in [-0.1, -0.05) is 48.5 Å². The predicted molar refractivity (Wildman–Crippen MR) is 83.7 cm³/mol. The zero-order valence-corrected chi connectivity index (χ0v) is 12.4. The standard InChI is InChI=1S/C18H13FO2S/c19-15-10-12-16(13-11-15)22(20,21)18-9-5-4-8-17(18)14-6-2-1-3-7-14/h1-13H. The van der Waals surface area contributed by atoms with E-state index in [2.05, 4.69) is 0 Å². The molecule has 3 aromatic carbocycles. The summed E-state index contributed by atoms with van der Waals surface area (Å²) in [6.45, 7) is 0. The van der Waals surface area contributed by atoms with E-state index < -0.39 is 15.7 Å². The van der Waals surface area contributed by atoms with Crippen molar-refractivity contribution >= 4 is 9.84 Å². The Kier molecular flexibility index (Phi) is 3.77. The highest BCUT2D eigenvalue weighted by Crippen LogP contribution is 2.31. The van der Waals surface area contributed by atoms with Crippen molar-refractivity contribution in [2.24, 2.45) is 0 Å². The van der Waals surface area contributed by atoms with Crippen molar-refractivity contribution in [2.75, 3.05) is 0 Å². The summed E-state index contributed by atoms with van der Waals surface area (Å²) in [5.74, 6) is -0.463. The van der Waals surface area contributed by atoms with Crippen molar-refractivity contribution in [1.82, 2.24) is 0 Å². The van der Waals surface area contributed by atoms with Crippen LogP contribution in [0.3, 0.4) is 0 Å². The maximum absolute atomic E-state index is 13.0. The molecule has 0 amide bonds. The molecular weight excluding hydrogens is 299 g/mol. The minimum atomic E-state index is -3.70. The molecule has 0 heterocycles. The zero-order valence-electron chi connectivity index (χ0n) is 11.6. The van der Waals surface area contributed by atoms with Gasteiger partial charge in [-0.2, -0.15) is 0 Å². The summed E-state index contributed by atoms with van der Waals surface area (Å²) in [6, 6.07) is 21.0. The molecule has 2 nitrogen and oxygen atoms in total. The van der Waals surface area contributed by atoms with Gasteiger partial charge >= 0.3 is 0 Å². The summed E-state index contributed by atoms with van der Waals surface area (Å²) in [4.78, 5) is 0.296. The van der Waals surface area contributed by atoms with Crippen LogP contribution in [0.2, 0.25) is 0 Å². The third-order valence-electron chi connectivity index (χ3n) is 3.39. The average molecular weight is 312 g/mol. The van der Waals surface area contributed by atoms with Gasteiger partial charge in [0.05, 0.1) is 9.79 Å². The fourth-order valence-corrected chi connectivity index (χ4v) is 3.78. The number of hydrogen-bond donors (Lipinski definition) is 0. The van der Waals surface area contributed by atoms with E-state index in [0.717, 1.165) is 17.7 Å². The van der Waals surface area contributed by atoms with Crippen molar-refractivity contribution < 1.29 is 12.8 Å². The second-order valence-corrected chi connectivity index (χ2v) is 6.74. The van der Waals surface area contributed by atoms with Crippen LogP contribution in [0.25, 0.3) is 11.1 Å². The van der Waals surface area contributed by atoms with Gasteiger partial charge in [0.1, 0.15) is 5.82 Å². The third kappa shape index (κ3) is 2.65. The zero-order chi connectivity index (χ0) is 15.6. The lowest BCUT2D eigenvalue weighted by atomic mass is 10.1. The normalized spacial score (nSPS) is 11.3. The van der Waals surface area contributed by atoms with E-state index in [1.807, 2.05) is 30.3 Å². The molecule has 0 aromatic heterocycles. The number of halogens is 1. The minimum Gasteiger partial charge on any atom is -0.218 e. The summed E-state index contributed by atoms with van der Waals surface area (Å²) < 4.78 is 38.7. The lowest BCUT2D eigenvalue weighted by Crippen LogP contribution is -2.04. The summed E-state index contributed by atoms with van der Waals surface area (Å²) in [6.07, 6.45) is 0. The van der Waals surface area contributed by atoms with Crippen LogP contribution in [-0.2, 0) is 9.84 Å². The number of hydrogen-bond acceptors (Lipinski definition) is 2. The second kappa shape index (κ2) is 5.73. The fraction of sp³-hybridized carbons (Fsp3) is 0. The Balaban J connectivity index is 2.18. The van der Waals surface area contributed by atoms with Crippen LogP contribution in [0.1, 0.15) is 0 Å². The Hall–Kier alpha value is -2.46. The van der Waals surface area contributed by atoms with Gasteiger partial charge in [-0.3, -0.25) is 0 Å². The van der Waals surface area contributed by atoms with Crippen molar-refractivity contribution in [3.05, 3.63) is 84.7 Å². The van der Waals surface area contributed by atoms with Crippen LogP contribution in [0.4, 0.5) is 4.39 Å².